The number of nitrogens with two attached hydrogens (primary N) is 1. The van der Waals surface area contributed by atoms with E-state index in [2.05, 4.69) is 27.4 Å². The molecular formula is C21H22N4O. The van der Waals surface area contributed by atoms with E-state index in [0.717, 1.165) is 28.4 Å². The number of carbonyl (C=O) groups is 1. The number of aromatic nitrogens is 2. The molecule has 0 radical (unpaired) electrons. The normalized spacial score (nSPS) is 12.5. The Balaban J connectivity index is 1.34. The minimum atomic E-state index is -0.558. The van der Waals surface area contributed by atoms with E-state index >= 15 is 0 Å². The maximum atomic E-state index is 12.3. The van der Waals surface area contributed by atoms with E-state index in [1.807, 2.05) is 48.8 Å². The molecule has 5 nitrogen and oxygen atoms in total. The molecule has 2 aromatic carbocycles. The third-order valence-electron chi connectivity index (χ3n) is 4.82. The van der Waals surface area contributed by atoms with Crippen molar-refractivity contribution in [1.29, 1.82) is 0 Å². The smallest absolute Gasteiger partial charge is 0.237 e. The van der Waals surface area contributed by atoms with E-state index in [4.69, 9.17) is 5.73 Å². The lowest BCUT2D eigenvalue weighted by Crippen LogP contribution is -2.42. The third-order valence-corrected chi connectivity index (χ3v) is 4.82. The number of nitrogens with one attached hydrogen (secondary N) is 3. The van der Waals surface area contributed by atoms with Gasteiger partial charge in [0.1, 0.15) is 0 Å². The topological polar surface area (TPSA) is 86.7 Å². The van der Waals surface area contributed by atoms with Crippen molar-refractivity contribution in [2.75, 3.05) is 6.54 Å². The highest BCUT2D eigenvalue weighted by atomic mass is 16.2. The Labute approximate surface area is 151 Å². The average molecular weight is 346 g/mol. The zero-order valence-corrected chi connectivity index (χ0v) is 14.5. The lowest BCUT2D eigenvalue weighted by molar-refractivity contribution is -0.122. The summed E-state index contributed by atoms with van der Waals surface area (Å²) in [4.78, 5) is 18.8. The number of aromatic amines is 2. The first-order chi connectivity index (χ1) is 12.7. The molecular weight excluding hydrogens is 324 g/mol. The number of carbonyl (C=O) groups excluding carboxylic acids is 1. The van der Waals surface area contributed by atoms with Crippen LogP contribution in [0.2, 0.25) is 0 Å². The van der Waals surface area contributed by atoms with Gasteiger partial charge in [-0.3, -0.25) is 4.79 Å². The van der Waals surface area contributed by atoms with Gasteiger partial charge in [0.2, 0.25) is 5.91 Å². The molecule has 2 aromatic heterocycles. The fourth-order valence-corrected chi connectivity index (χ4v) is 3.42. The number of hydrogen-bond acceptors (Lipinski definition) is 2. The SMILES string of the molecule is NC(Cc1c[nH]c2ccccc12)C(=O)NCCc1c[nH]c2ccccc12. The first-order valence-electron chi connectivity index (χ1n) is 8.85. The Morgan fingerprint density at radius 2 is 1.50 bits per heavy atom. The number of para-hydroxylation sites is 2. The molecule has 1 unspecified atom stereocenters. The largest absolute Gasteiger partial charge is 0.361 e. The minimum absolute atomic E-state index is 0.116. The van der Waals surface area contributed by atoms with Gasteiger partial charge in [-0.2, -0.15) is 0 Å². The van der Waals surface area contributed by atoms with Gasteiger partial charge in [0.15, 0.2) is 0 Å². The second kappa shape index (κ2) is 7.06. The van der Waals surface area contributed by atoms with Gasteiger partial charge in [-0.15, -0.1) is 0 Å². The zero-order valence-electron chi connectivity index (χ0n) is 14.5. The van der Waals surface area contributed by atoms with Gasteiger partial charge in [0.05, 0.1) is 6.04 Å². The molecule has 4 aromatic rings. The molecule has 0 saturated carbocycles. The van der Waals surface area contributed by atoms with Gasteiger partial charge in [0, 0.05) is 40.7 Å². The average Bonchev–Trinajstić information content (AvgIpc) is 3.26. The van der Waals surface area contributed by atoms with Gasteiger partial charge < -0.3 is 21.0 Å². The van der Waals surface area contributed by atoms with E-state index in [-0.39, 0.29) is 5.91 Å². The van der Waals surface area contributed by atoms with Crippen LogP contribution < -0.4 is 11.1 Å². The van der Waals surface area contributed by atoms with Crippen molar-refractivity contribution >= 4 is 27.7 Å². The highest BCUT2D eigenvalue weighted by Gasteiger charge is 2.16. The molecule has 0 aliphatic carbocycles. The van der Waals surface area contributed by atoms with Crippen LogP contribution in [0, 0.1) is 0 Å². The Morgan fingerprint density at radius 3 is 2.19 bits per heavy atom. The van der Waals surface area contributed by atoms with Crippen molar-refractivity contribution in [3.05, 3.63) is 72.1 Å². The van der Waals surface area contributed by atoms with Gasteiger partial charge >= 0.3 is 0 Å². The van der Waals surface area contributed by atoms with Crippen molar-refractivity contribution in [3.8, 4) is 0 Å². The first kappa shape index (κ1) is 16.4. The number of hydrogen-bond donors (Lipinski definition) is 4. The van der Waals surface area contributed by atoms with E-state index in [1.165, 1.54) is 10.9 Å². The first-order valence-corrected chi connectivity index (χ1v) is 8.85. The van der Waals surface area contributed by atoms with Crippen LogP contribution >= 0.6 is 0 Å². The molecule has 5 N–H and O–H groups in total. The number of rotatable bonds is 6. The summed E-state index contributed by atoms with van der Waals surface area (Å²) in [5, 5.41) is 5.28. The fraction of sp³-hybridized carbons (Fsp3) is 0.190. The van der Waals surface area contributed by atoms with Crippen molar-refractivity contribution in [3.63, 3.8) is 0 Å². The van der Waals surface area contributed by atoms with Crippen LogP contribution in [-0.4, -0.2) is 28.5 Å². The minimum Gasteiger partial charge on any atom is -0.361 e. The Morgan fingerprint density at radius 1 is 0.923 bits per heavy atom. The molecule has 1 atom stereocenters. The summed E-state index contributed by atoms with van der Waals surface area (Å²) >= 11 is 0. The van der Waals surface area contributed by atoms with Crippen LogP contribution in [0.3, 0.4) is 0 Å². The summed E-state index contributed by atoms with van der Waals surface area (Å²) in [6.45, 7) is 0.572. The molecule has 0 aliphatic heterocycles. The summed E-state index contributed by atoms with van der Waals surface area (Å²) in [6, 6.07) is 15.7. The number of benzene rings is 2. The maximum absolute atomic E-state index is 12.3. The van der Waals surface area contributed by atoms with Crippen LogP contribution in [-0.2, 0) is 17.6 Å². The van der Waals surface area contributed by atoms with E-state index < -0.39 is 6.04 Å². The predicted molar refractivity (Wildman–Crippen MR) is 105 cm³/mol. The second-order valence-corrected chi connectivity index (χ2v) is 6.57. The quantitative estimate of drug-likeness (QED) is 0.433. The number of fused-ring (bicyclic) bond motifs is 2. The highest BCUT2D eigenvalue weighted by Crippen LogP contribution is 2.19. The number of H-pyrrole nitrogens is 2. The molecule has 0 bridgehead atoms. The highest BCUT2D eigenvalue weighted by molar-refractivity contribution is 5.86. The van der Waals surface area contributed by atoms with Gasteiger partial charge in [-0.05, 0) is 36.1 Å². The molecule has 1 amide bonds. The fourth-order valence-electron chi connectivity index (χ4n) is 3.42. The molecule has 2 heterocycles. The van der Waals surface area contributed by atoms with Crippen LogP contribution in [0.25, 0.3) is 21.8 Å². The molecule has 5 heteroatoms. The lowest BCUT2D eigenvalue weighted by atomic mass is 10.0. The standard InChI is InChI=1S/C21H22N4O/c22-18(11-15-13-25-20-8-4-2-6-17(15)20)21(26)23-10-9-14-12-24-19-7-3-1-5-16(14)19/h1-8,12-13,18,24-25H,9-11,22H2,(H,23,26). The number of amides is 1. The molecule has 0 fully saturated rings. The second-order valence-electron chi connectivity index (χ2n) is 6.57. The van der Waals surface area contributed by atoms with Gasteiger partial charge in [-0.1, -0.05) is 36.4 Å². The predicted octanol–water partition coefficient (Wildman–Crippen LogP) is 2.88. The molecule has 0 saturated heterocycles. The van der Waals surface area contributed by atoms with Crippen molar-refractivity contribution < 1.29 is 4.79 Å². The third kappa shape index (κ3) is 3.21. The van der Waals surface area contributed by atoms with E-state index in [9.17, 15) is 4.79 Å². The molecule has 26 heavy (non-hydrogen) atoms. The Bertz CT molecular complexity index is 1050. The van der Waals surface area contributed by atoms with E-state index in [1.54, 1.807) is 0 Å². The Hall–Kier alpha value is -3.05. The van der Waals surface area contributed by atoms with Crippen molar-refractivity contribution in [2.24, 2.45) is 5.73 Å². The maximum Gasteiger partial charge on any atom is 0.237 e. The summed E-state index contributed by atoms with van der Waals surface area (Å²) in [5.74, 6) is -0.116. The Kier molecular flexibility index (Phi) is 4.46. The summed E-state index contributed by atoms with van der Waals surface area (Å²) in [6.07, 6.45) is 5.23. The molecule has 132 valence electrons. The van der Waals surface area contributed by atoms with E-state index in [0.29, 0.717) is 13.0 Å². The lowest BCUT2D eigenvalue weighted by Gasteiger charge is -2.12. The van der Waals surface area contributed by atoms with Gasteiger partial charge in [0.25, 0.3) is 0 Å². The van der Waals surface area contributed by atoms with Crippen molar-refractivity contribution in [1.82, 2.24) is 15.3 Å². The van der Waals surface area contributed by atoms with Crippen LogP contribution in [0.4, 0.5) is 0 Å². The summed E-state index contributed by atoms with van der Waals surface area (Å²) in [5.41, 5.74) is 10.6. The molecule has 0 aliphatic rings. The summed E-state index contributed by atoms with van der Waals surface area (Å²) in [7, 11) is 0. The monoisotopic (exact) mass is 346 g/mol. The van der Waals surface area contributed by atoms with Crippen LogP contribution in [0.1, 0.15) is 11.1 Å². The summed E-state index contributed by atoms with van der Waals surface area (Å²) < 4.78 is 0. The molecule has 0 spiro atoms. The van der Waals surface area contributed by atoms with Crippen LogP contribution in [0.5, 0.6) is 0 Å². The van der Waals surface area contributed by atoms with Crippen molar-refractivity contribution in [2.45, 2.75) is 18.9 Å². The van der Waals surface area contributed by atoms with Crippen LogP contribution in [0.15, 0.2) is 60.9 Å². The molecule has 4 rings (SSSR count). The van der Waals surface area contributed by atoms with Gasteiger partial charge in [-0.25, -0.2) is 0 Å². The zero-order chi connectivity index (χ0) is 17.9.